The van der Waals surface area contributed by atoms with E-state index >= 15 is 0 Å². The van der Waals surface area contributed by atoms with Crippen molar-refractivity contribution >= 4 is 34.5 Å². The summed E-state index contributed by atoms with van der Waals surface area (Å²) in [6.07, 6.45) is 0. The third kappa shape index (κ3) is 3.86. The number of rotatable bonds is 5. The molecular formula is C16H17ClN2OS. The highest BCUT2D eigenvalue weighted by Gasteiger charge is 2.08. The van der Waals surface area contributed by atoms with Gasteiger partial charge >= 0.3 is 0 Å². The molecule has 0 bridgehead atoms. The minimum atomic E-state index is 0.310. The highest BCUT2D eigenvalue weighted by Crippen LogP contribution is 2.24. The SMILES string of the molecule is COc1ccc(CN(C)c2ccc(C(N)=S)c(Cl)c2)cc1. The zero-order valence-electron chi connectivity index (χ0n) is 12.0. The number of benzene rings is 2. The summed E-state index contributed by atoms with van der Waals surface area (Å²) in [5.74, 6) is 0.852. The van der Waals surface area contributed by atoms with Crippen LogP contribution in [-0.4, -0.2) is 19.1 Å². The van der Waals surface area contributed by atoms with Gasteiger partial charge in [-0.2, -0.15) is 0 Å². The molecule has 0 atom stereocenters. The van der Waals surface area contributed by atoms with Crippen LogP contribution in [0.3, 0.4) is 0 Å². The summed E-state index contributed by atoms with van der Waals surface area (Å²) in [5.41, 5.74) is 8.51. The summed E-state index contributed by atoms with van der Waals surface area (Å²) in [6, 6.07) is 13.7. The molecule has 0 amide bonds. The van der Waals surface area contributed by atoms with Crippen LogP contribution < -0.4 is 15.4 Å². The first kappa shape index (κ1) is 15.6. The van der Waals surface area contributed by atoms with Crippen LogP contribution >= 0.6 is 23.8 Å². The number of halogens is 1. The number of hydrogen-bond acceptors (Lipinski definition) is 3. The Labute approximate surface area is 135 Å². The van der Waals surface area contributed by atoms with E-state index in [-0.39, 0.29) is 0 Å². The smallest absolute Gasteiger partial charge is 0.118 e. The Hall–Kier alpha value is -1.78. The zero-order chi connectivity index (χ0) is 15.4. The Balaban J connectivity index is 2.14. The van der Waals surface area contributed by atoms with Crippen LogP contribution in [0.1, 0.15) is 11.1 Å². The monoisotopic (exact) mass is 320 g/mol. The average Bonchev–Trinajstić information content (AvgIpc) is 2.47. The molecule has 0 saturated carbocycles. The van der Waals surface area contributed by atoms with Crippen molar-refractivity contribution in [3.8, 4) is 5.75 Å². The van der Waals surface area contributed by atoms with Gasteiger partial charge in [-0.05, 0) is 35.9 Å². The maximum atomic E-state index is 6.20. The molecule has 2 N–H and O–H groups in total. The van der Waals surface area contributed by atoms with E-state index in [4.69, 9.17) is 34.3 Å². The number of hydrogen-bond donors (Lipinski definition) is 1. The predicted octanol–water partition coefficient (Wildman–Crippen LogP) is 3.62. The van der Waals surface area contributed by atoms with Crippen molar-refractivity contribution in [3.63, 3.8) is 0 Å². The van der Waals surface area contributed by atoms with E-state index in [0.29, 0.717) is 15.6 Å². The second-order valence-electron chi connectivity index (χ2n) is 4.73. The molecule has 0 fully saturated rings. The van der Waals surface area contributed by atoms with Crippen LogP contribution in [0.2, 0.25) is 5.02 Å². The van der Waals surface area contributed by atoms with Gasteiger partial charge in [0.25, 0.3) is 0 Å². The summed E-state index contributed by atoms with van der Waals surface area (Å²) >= 11 is 11.2. The van der Waals surface area contributed by atoms with E-state index in [1.165, 1.54) is 5.56 Å². The van der Waals surface area contributed by atoms with Gasteiger partial charge in [0.15, 0.2) is 0 Å². The second kappa shape index (κ2) is 6.78. The summed E-state index contributed by atoms with van der Waals surface area (Å²) < 4.78 is 5.16. The summed E-state index contributed by atoms with van der Waals surface area (Å²) in [4.78, 5) is 2.42. The van der Waals surface area contributed by atoms with E-state index in [1.54, 1.807) is 7.11 Å². The molecule has 0 aliphatic rings. The van der Waals surface area contributed by atoms with Crippen molar-refractivity contribution in [3.05, 3.63) is 58.6 Å². The van der Waals surface area contributed by atoms with Crippen LogP contribution in [0.4, 0.5) is 5.69 Å². The molecule has 0 unspecified atom stereocenters. The van der Waals surface area contributed by atoms with Crippen molar-refractivity contribution in [2.24, 2.45) is 5.73 Å². The summed E-state index contributed by atoms with van der Waals surface area (Å²) in [5, 5.41) is 0.571. The zero-order valence-corrected chi connectivity index (χ0v) is 13.5. The molecule has 110 valence electrons. The number of anilines is 1. The van der Waals surface area contributed by atoms with Gasteiger partial charge in [0.2, 0.25) is 0 Å². The second-order valence-corrected chi connectivity index (χ2v) is 5.58. The molecular weight excluding hydrogens is 304 g/mol. The standard InChI is InChI=1S/C16H17ClN2OS/c1-19(10-11-3-6-13(20-2)7-4-11)12-5-8-14(16(18)21)15(17)9-12/h3-9H,10H2,1-2H3,(H2,18,21). The Morgan fingerprint density at radius 3 is 2.43 bits per heavy atom. The van der Waals surface area contributed by atoms with Crippen LogP contribution in [0, 0.1) is 0 Å². The number of ether oxygens (including phenoxy) is 1. The lowest BCUT2D eigenvalue weighted by atomic mass is 10.1. The first-order valence-electron chi connectivity index (χ1n) is 6.44. The van der Waals surface area contributed by atoms with Gasteiger partial charge in [-0.3, -0.25) is 0 Å². The number of nitrogens with zero attached hydrogens (tertiary/aromatic N) is 1. The first-order chi connectivity index (χ1) is 10.0. The minimum Gasteiger partial charge on any atom is -0.497 e. The minimum absolute atomic E-state index is 0.310. The molecule has 21 heavy (non-hydrogen) atoms. The topological polar surface area (TPSA) is 38.5 Å². The van der Waals surface area contributed by atoms with Gasteiger partial charge in [-0.25, -0.2) is 0 Å². The molecule has 0 aromatic heterocycles. The fraction of sp³-hybridized carbons (Fsp3) is 0.188. The number of methoxy groups -OCH3 is 1. The van der Waals surface area contributed by atoms with Gasteiger partial charge in [0.1, 0.15) is 10.7 Å². The molecule has 0 aliphatic heterocycles. The van der Waals surface area contributed by atoms with Gasteiger partial charge in [0, 0.05) is 24.8 Å². The average molecular weight is 321 g/mol. The Morgan fingerprint density at radius 1 is 1.24 bits per heavy atom. The number of nitrogens with two attached hydrogens (primary N) is 1. The van der Waals surface area contributed by atoms with Crippen molar-refractivity contribution in [2.75, 3.05) is 19.1 Å². The lowest BCUT2D eigenvalue weighted by molar-refractivity contribution is 0.414. The molecule has 0 spiro atoms. The first-order valence-corrected chi connectivity index (χ1v) is 7.23. The fourth-order valence-corrected chi connectivity index (χ4v) is 2.55. The highest BCUT2D eigenvalue weighted by atomic mass is 35.5. The number of thiocarbonyl (C=S) groups is 1. The van der Waals surface area contributed by atoms with E-state index in [0.717, 1.165) is 18.0 Å². The molecule has 0 heterocycles. The predicted molar refractivity (Wildman–Crippen MR) is 92.4 cm³/mol. The molecule has 2 aromatic rings. The van der Waals surface area contributed by atoms with Crippen LogP contribution in [0.5, 0.6) is 5.75 Å². The molecule has 2 rings (SSSR count). The fourth-order valence-electron chi connectivity index (χ4n) is 2.04. The van der Waals surface area contributed by atoms with E-state index in [1.807, 2.05) is 49.5 Å². The van der Waals surface area contributed by atoms with Crippen LogP contribution in [0.15, 0.2) is 42.5 Å². The van der Waals surface area contributed by atoms with E-state index in [9.17, 15) is 0 Å². The van der Waals surface area contributed by atoms with Crippen LogP contribution in [0.25, 0.3) is 0 Å². The molecule has 0 aliphatic carbocycles. The third-order valence-electron chi connectivity index (χ3n) is 3.24. The molecule has 0 saturated heterocycles. The highest BCUT2D eigenvalue weighted by molar-refractivity contribution is 7.80. The Morgan fingerprint density at radius 2 is 1.90 bits per heavy atom. The lowest BCUT2D eigenvalue weighted by Crippen LogP contribution is -2.17. The van der Waals surface area contributed by atoms with Gasteiger partial charge in [-0.15, -0.1) is 0 Å². The van der Waals surface area contributed by atoms with Crippen molar-refractivity contribution in [2.45, 2.75) is 6.54 Å². The van der Waals surface area contributed by atoms with Crippen molar-refractivity contribution in [1.29, 1.82) is 0 Å². The van der Waals surface area contributed by atoms with Crippen LogP contribution in [-0.2, 0) is 6.54 Å². The molecule has 3 nitrogen and oxygen atoms in total. The Bertz CT molecular complexity index is 643. The van der Waals surface area contributed by atoms with Gasteiger partial charge < -0.3 is 15.4 Å². The Kier molecular flexibility index (Phi) is 5.04. The summed E-state index contributed by atoms with van der Waals surface area (Å²) in [7, 11) is 3.67. The normalized spacial score (nSPS) is 10.2. The lowest BCUT2D eigenvalue weighted by Gasteiger charge is -2.20. The maximum absolute atomic E-state index is 6.20. The molecule has 0 radical (unpaired) electrons. The largest absolute Gasteiger partial charge is 0.497 e. The van der Waals surface area contributed by atoms with E-state index in [2.05, 4.69) is 4.90 Å². The molecule has 2 aromatic carbocycles. The van der Waals surface area contributed by atoms with E-state index < -0.39 is 0 Å². The molecule has 5 heteroatoms. The van der Waals surface area contributed by atoms with Crippen molar-refractivity contribution in [1.82, 2.24) is 0 Å². The van der Waals surface area contributed by atoms with Crippen molar-refractivity contribution < 1.29 is 4.74 Å². The van der Waals surface area contributed by atoms with Gasteiger partial charge in [0.05, 0.1) is 12.1 Å². The summed E-state index contributed by atoms with van der Waals surface area (Å²) in [6.45, 7) is 0.771. The maximum Gasteiger partial charge on any atom is 0.118 e. The van der Waals surface area contributed by atoms with Gasteiger partial charge in [-0.1, -0.05) is 36.0 Å². The quantitative estimate of drug-likeness (QED) is 0.854. The third-order valence-corrected chi connectivity index (χ3v) is 3.77.